The lowest BCUT2D eigenvalue weighted by Crippen LogP contribution is -2.42. The number of aromatic nitrogens is 1. The van der Waals surface area contributed by atoms with Crippen LogP contribution in [0.3, 0.4) is 0 Å². The summed E-state index contributed by atoms with van der Waals surface area (Å²) in [6.07, 6.45) is 0.419. The van der Waals surface area contributed by atoms with Crippen molar-refractivity contribution >= 4 is 29.1 Å². The predicted octanol–water partition coefficient (Wildman–Crippen LogP) is 1.85. The van der Waals surface area contributed by atoms with Crippen molar-refractivity contribution in [2.24, 2.45) is 0 Å². The van der Waals surface area contributed by atoms with Gasteiger partial charge in [0.1, 0.15) is 6.61 Å². The fraction of sp³-hybridized carbons (Fsp3) is 0.500. The molecule has 0 saturated carbocycles. The summed E-state index contributed by atoms with van der Waals surface area (Å²) < 4.78 is 5.96. The molecule has 3 rings (SSSR count). The third-order valence-corrected chi connectivity index (χ3v) is 6.40. The molecule has 1 aromatic heterocycles. The molecule has 0 bridgehead atoms. The minimum Gasteiger partial charge on any atom is -0.365 e. The van der Waals surface area contributed by atoms with Crippen LogP contribution in [-0.2, 0) is 32.0 Å². The number of carbonyl (C=O) groups is 3. The van der Waals surface area contributed by atoms with Crippen LogP contribution < -0.4 is 0 Å². The van der Waals surface area contributed by atoms with E-state index in [0.29, 0.717) is 38.3 Å². The molecular weight excluding hydrogens is 440 g/mol. The summed E-state index contributed by atoms with van der Waals surface area (Å²) >= 11 is 1.43. The molecule has 0 N–H and O–H groups in total. The number of rotatable bonds is 10. The fourth-order valence-electron chi connectivity index (χ4n) is 3.85. The second-order valence-corrected chi connectivity index (χ2v) is 8.72. The summed E-state index contributed by atoms with van der Waals surface area (Å²) in [6.45, 7) is 6.15. The topological polar surface area (TPSA) is 83.0 Å². The van der Waals surface area contributed by atoms with Crippen molar-refractivity contribution in [3.63, 3.8) is 0 Å². The SMILES string of the molecule is CCN(CC)C(=O)CO[C@H]1CN(CCc2ccccc2)C(=O)CN(C(=O)Cc2cscn2)C1. The first-order valence-electron chi connectivity index (χ1n) is 11.4. The van der Waals surface area contributed by atoms with E-state index in [-0.39, 0.29) is 43.8 Å². The van der Waals surface area contributed by atoms with Gasteiger partial charge in [0.2, 0.25) is 17.7 Å². The van der Waals surface area contributed by atoms with Gasteiger partial charge < -0.3 is 19.4 Å². The van der Waals surface area contributed by atoms with Crippen molar-refractivity contribution < 1.29 is 19.1 Å². The Morgan fingerprint density at radius 3 is 2.61 bits per heavy atom. The Morgan fingerprint density at radius 1 is 1.18 bits per heavy atom. The standard InChI is InChI=1S/C24H32N4O4S/c1-3-26(4-2)24(31)16-32-21-13-27(11-10-19-8-6-5-7-9-19)23(30)15-28(14-21)22(29)12-20-17-33-18-25-20/h5-9,17-18,21H,3-4,10-16H2,1-2H3/t21-/m0/s1. The van der Waals surface area contributed by atoms with Gasteiger partial charge in [-0.05, 0) is 25.8 Å². The Bertz CT molecular complexity index is 902. The minimum atomic E-state index is -0.439. The number of hydrogen-bond acceptors (Lipinski definition) is 6. The van der Waals surface area contributed by atoms with Gasteiger partial charge in [0.15, 0.2) is 0 Å². The molecule has 0 radical (unpaired) electrons. The molecule has 178 valence electrons. The molecule has 0 unspecified atom stereocenters. The molecule has 2 aromatic rings. The molecule has 3 amide bonds. The lowest BCUT2D eigenvalue weighted by Gasteiger charge is -2.26. The summed E-state index contributed by atoms with van der Waals surface area (Å²) in [7, 11) is 0. The Kier molecular flexibility index (Phi) is 9.38. The van der Waals surface area contributed by atoms with Crippen LogP contribution in [0.2, 0.25) is 0 Å². The molecule has 1 fully saturated rings. The highest BCUT2D eigenvalue weighted by Gasteiger charge is 2.31. The van der Waals surface area contributed by atoms with Crippen LogP contribution in [-0.4, -0.2) is 89.4 Å². The summed E-state index contributed by atoms with van der Waals surface area (Å²) in [5.41, 5.74) is 3.52. The smallest absolute Gasteiger partial charge is 0.248 e. The van der Waals surface area contributed by atoms with Gasteiger partial charge in [0.25, 0.3) is 0 Å². The molecular formula is C24H32N4O4S. The lowest BCUT2D eigenvalue weighted by molar-refractivity contribution is -0.139. The Hall–Kier alpha value is -2.78. The van der Waals surface area contributed by atoms with Crippen molar-refractivity contribution in [1.29, 1.82) is 0 Å². The molecule has 1 atom stereocenters. The number of thiazole rings is 1. The zero-order chi connectivity index (χ0) is 23.6. The third kappa shape index (κ3) is 7.36. The minimum absolute atomic E-state index is 0.00160. The highest BCUT2D eigenvalue weighted by atomic mass is 32.1. The van der Waals surface area contributed by atoms with E-state index in [4.69, 9.17) is 4.74 Å². The van der Waals surface area contributed by atoms with Crippen LogP contribution >= 0.6 is 11.3 Å². The number of hydrogen-bond donors (Lipinski definition) is 0. The third-order valence-electron chi connectivity index (χ3n) is 5.77. The van der Waals surface area contributed by atoms with Gasteiger partial charge in [0, 0.05) is 38.1 Å². The van der Waals surface area contributed by atoms with E-state index >= 15 is 0 Å². The van der Waals surface area contributed by atoms with Crippen LogP contribution in [0, 0.1) is 0 Å². The molecule has 0 aliphatic carbocycles. The molecule has 1 saturated heterocycles. The van der Waals surface area contributed by atoms with E-state index in [1.54, 1.807) is 15.3 Å². The van der Waals surface area contributed by atoms with Crippen molar-refractivity contribution in [1.82, 2.24) is 19.7 Å². The molecule has 2 heterocycles. The first-order valence-corrected chi connectivity index (χ1v) is 12.3. The van der Waals surface area contributed by atoms with Crippen molar-refractivity contribution in [3.05, 3.63) is 52.5 Å². The average molecular weight is 473 g/mol. The Balaban J connectivity index is 1.68. The van der Waals surface area contributed by atoms with Crippen molar-refractivity contribution in [2.75, 3.05) is 45.9 Å². The van der Waals surface area contributed by atoms with E-state index in [9.17, 15) is 14.4 Å². The van der Waals surface area contributed by atoms with Crippen molar-refractivity contribution in [2.45, 2.75) is 32.8 Å². The van der Waals surface area contributed by atoms with Crippen LogP contribution in [0.5, 0.6) is 0 Å². The summed E-state index contributed by atoms with van der Waals surface area (Å²) in [5.74, 6) is -0.367. The average Bonchev–Trinajstić information content (AvgIpc) is 3.27. The monoisotopic (exact) mass is 472 g/mol. The number of amides is 3. The fourth-order valence-corrected chi connectivity index (χ4v) is 4.41. The summed E-state index contributed by atoms with van der Waals surface area (Å²) in [6, 6.07) is 9.97. The zero-order valence-corrected chi connectivity index (χ0v) is 20.1. The van der Waals surface area contributed by atoms with E-state index < -0.39 is 6.10 Å². The molecule has 1 aliphatic heterocycles. The number of carbonyl (C=O) groups excluding carboxylic acids is 3. The van der Waals surface area contributed by atoms with E-state index in [1.807, 2.05) is 49.6 Å². The van der Waals surface area contributed by atoms with Crippen LogP contribution in [0.15, 0.2) is 41.2 Å². The molecule has 9 heteroatoms. The molecule has 1 aliphatic rings. The Labute approximate surface area is 199 Å². The predicted molar refractivity (Wildman–Crippen MR) is 127 cm³/mol. The van der Waals surface area contributed by atoms with E-state index in [1.165, 1.54) is 16.2 Å². The highest BCUT2D eigenvalue weighted by molar-refractivity contribution is 7.07. The van der Waals surface area contributed by atoms with Gasteiger partial charge in [-0.15, -0.1) is 11.3 Å². The molecule has 1 aromatic carbocycles. The Morgan fingerprint density at radius 2 is 1.94 bits per heavy atom. The van der Waals surface area contributed by atoms with E-state index in [2.05, 4.69) is 4.98 Å². The quantitative estimate of drug-likeness (QED) is 0.527. The summed E-state index contributed by atoms with van der Waals surface area (Å²) in [5, 5.41) is 1.83. The maximum absolute atomic E-state index is 13.0. The van der Waals surface area contributed by atoms with Gasteiger partial charge in [-0.25, -0.2) is 4.98 Å². The number of nitrogens with zero attached hydrogens (tertiary/aromatic N) is 4. The van der Waals surface area contributed by atoms with Crippen LogP contribution in [0.25, 0.3) is 0 Å². The molecule has 8 nitrogen and oxygen atoms in total. The summed E-state index contributed by atoms with van der Waals surface area (Å²) in [4.78, 5) is 47.6. The second-order valence-electron chi connectivity index (χ2n) is 8.01. The van der Waals surface area contributed by atoms with Crippen molar-refractivity contribution in [3.8, 4) is 0 Å². The second kappa shape index (κ2) is 12.5. The number of ether oxygens (including phenoxy) is 1. The van der Waals surface area contributed by atoms with Crippen LogP contribution in [0.4, 0.5) is 0 Å². The first-order chi connectivity index (χ1) is 16.0. The highest BCUT2D eigenvalue weighted by Crippen LogP contribution is 2.13. The van der Waals surface area contributed by atoms with Crippen LogP contribution in [0.1, 0.15) is 25.1 Å². The lowest BCUT2D eigenvalue weighted by atomic mass is 10.1. The van der Waals surface area contributed by atoms with Gasteiger partial charge in [0.05, 0.1) is 30.3 Å². The first kappa shape index (κ1) is 24.9. The van der Waals surface area contributed by atoms with Gasteiger partial charge in [-0.2, -0.15) is 0 Å². The number of benzene rings is 1. The largest absolute Gasteiger partial charge is 0.365 e. The van der Waals surface area contributed by atoms with E-state index in [0.717, 1.165) is 5.56 Å². The van der Waals surface area contributed by atoms with Gasteiger partial charge in [-0.3, -0.25) is 14.4 Å². The molecule has 33 heavy (non-hydrogen) atoms. The maximum atomic E-state index is 13.0. The van der Waals surface area contributed by atoms with Gasteiger partial charge in [-0.1, -0.05) is 30.3 Å². The maximum Gasteiger partial charge on any atom is 0.248 e. The van der Waals surface area contributed by atoms with Gasteiger partial charge >= 0.3 is 0 Å². The molecule has 0 spiro atoms. The number of likely N-dealkylation sites (N-methyl/N-ethyl adjacent to an activating group) is 1. The zero-order valence-electron chi connectivity index (χ0n) is 19.3. The normalized spacial score (nSPS) is 16.5.